The van der Waals surface area contributed by atoms with E-state index in [1.165, 1.54) is 97.2 Å². The van der Waals surface area contributed by atoms with Gasteiger partial charge in [0.05, 0.1) is 22.1 Å². The van der Waals surface area contributed by atoms with Crippen molar-refractivity contribution < 1.29 is 0 Å². The molecule has 0 unspecified atom stereocenters. The third-order valence-corrected chi connectivity index (χ3v) is 12.9. The number of benzene rings is 9. The molecule has 3 aromatic heterocycles. The van der Waals surface area contributed by atoms with Crippen LogP contribution >= 0.6 is 11.3 Å². The SMILES string of the molecule is c1ccc(-n2c3ccccc3c3c(-c4cccc5c6ccccc6n(-c6ccc(-c7ccc(-c8ccc9c(c8)sc8ccccc89)cc7)cc6)c45)cccc32)cc1. The summed E-state index contributed by atoms with van der Waals surface area (Å²) in [6.45, 7) is 0. The van der Waals surface area contributed by atoms with Crippen LogP contribution in [0.5, 0.6) is 0 Å². The van der Waals surface area contributed by atoms with Gasteiger partial charge in [0.25, 0.3) is 0 Å². The number of nitrogens with zero attached hydrogens (tertiary/aromatic N) is 2. The van der Waals surface area contributed by atoms with E-state index < -0.39 is 0 Å². The van der Waals surface area contributed by atoms with Gasteiger partial charge in [0.1, 0.15) is 0 Å². The van der Waals surface area contributed by atoms with Gasteiger partial charge in [-0.2, -0.15) is 0 Å². The first-order valence-electron chi connectivity index (χ1n) is 19.5. The highest BCUT2D eigenvalue weighted by molar-refractivity contribution is 7.25. The quantitative estimate of drug-likeness (QED) is 0.166. The minimum Gasteiger partial charge on any atom is -0.309 e. The second kappa shape index (κ2) is 12.7. The maximum Gasteiger partial charge on any atom is 0.0619 e. The predicted molar refractivity (Wildman–Crippen MR) is 244 cm³/mol. The molecule has 2 nitrogen and oxygen atoms in total. The molecule has 0 amide bonds. The lowest BCUT2D eigenvalue weighted by Crippen LogP contribution is -1.96. The molecular formula is C54H34N2S. The van der Waals surface area contributed by atoms with E-state index in [1.807, 2.05) is 11.3 Å². The van der Waals surface area contributed by atoms with Crippen LogP contribution in [0.2, 0.25) is 0 Å². The smallest absolute Gasteiger partial charge is 0.0619 e. The molecule has 0 spiro atoms. The molecule has 0 radical (unpaired) electrons. The molecule has 0 saturated heterocycles. The Morgan fingerprint density at radius 1 is 0.298 bits per heavy atom. The van der Waals surface area contributed by atoms with E-state index >= 15 is 0 Å². The third kappa shape index (κ3) is 4.96. The lowest BCUT2D eigenvalue weighted by Gasteiger charge is -2.14. The highest BCUT2D eigenvalue weighted by atomic mass is 32.1. The second-order valence-corrected chi connectivity index (χ2v) is 16.0. The normalized spacial score (nSPS) is 11.9. The minimum atomic E-state index is 1.14. The van der Waals surface area contributed by atoms with Gasteiger partial charge in [-0.05, 0) is 82.4 Å². The first-order chi connectivity index (χ1) is 28.3. The molecule has 12 aromatic rings. The number of hydrogen-bond acceptors (Lipinski definition) is 1. The summed E-state index contributed by atoms with van der Waals surface area (Å²) in [4.78, 5) is 0. The zero-order chi connectivity index (χ0) is 37.5. The summed E-state index contributed by atoms with van der Waals surface area (Å²) in [5, 5.41) is 7.69. The predicted octanol–water partition coefficient (Wildman–Crippen LogP) is 15.2. The van der Waals surface area contributed by atoms with Crippen LogP contribution in [-0.2, 0) is 0 Å². The fraction of sp³-hybridized carbons (Fsp3) is 0. The molecule has 0 aliphatic carbocycles. The Balaban J connectivity index is 0.977. The summed E-state index contributed by atoms with van der Waals surface area (Å²) in [7, 11) is 0. The summed E-state index contributed by atoms with van der Waals surface area (Å²) in [5.74, 6) is 0. The van der Waals surface area contributed by atoms with Gasteiger partial charge in [-0.3, -0.25) is 0 Å². The van der Waals surface area contributed by atoms with Crippen molar-refractivity contribution in [3.63, 3.8) is 0 Å². The fourth-order valence-corrected chi connectivity index (χ4v) is 10.3. The van der Waals surface area contributed by atoms with Crippen LogP contribution in [0.3, 0.4) is 0 Å². The van der Waals surface area contributed by atoms with Crippen LogP contribution in [0, 0.1) is 0 Å². The third-order valence-electron chi connectivity index (χ3n) is 11.8. The molecule has 3 heteroatoms. The maximum absolute atomic E-state index is 2.46. The van der Waals surface area contributed by atoms with Crippen LogP contribution in [0.25, 0.3) is 109 Å². The van der Waals surface area contributed by atoms with Gasteiger partial charge < -0.3 is 9.13 Å². The summed E-state index contributed by atoms with van der Waals surface area (Å²) in [6, 6.07) is 75.6. The van der Waals surface area contributed by atoms with Crippen LogP contribution in [0.15, 0.2) is 206 Å². The molecule has 0 fully saturated rings. The van der Waals surface area contributed by atoms with Crippen molar-refractivity contribution in [2.75, 3.05) is 0 Å². The number of hydrogen-bond donors (Lipinski definition) is 0. The average molecular weight is 743 g/mol. The van der Waals surface area contributed by atoms with Crippen LogP contribution < -0.4 is 0 Å². The van der Waals surface area contributed by atoms with E-state index in [0.717, 1.165) is 11.4 Å². The monoisotopic (exact) mass is 742 g/mol. The van der Waals surface area contributed by atoms with Crippen molar-refractivity contribution in [1.82, 2.24) is 9.13 Å². The molecular weight excluding hydrogens is 709 g/mol. The Labute approximate surface area is 333 Å². The first-order valence-corrected chi connectivity index (χ1v) is 20.3. The lowest BCUT2D eigenvalue weighted by molar-refractivity contribution is 1.18. The van der Waals surface area contributed by atoms with E-state index in [-0.39, 0.29) is 0 Å². The van der Waals surface area contributed by atoms with Gasteiger partial charge >= 0.3 is 0 Å². The summed E-state index contributed by atoms with van der Waals surface area (Å²) in [5.41, 5.74) is 14.5. The van der Waals surface area contributed by atoms with E-state index in [9.17, 15) is 0 Å². The topological polar surface area (TPSA) is 9.86 Å². The van der Waals surface area contributed by atoms with E-state index in [1.54, 1.807) is 0 Å². The highest BCUT2D eigenvalue weighted by Gasteiger charge is 2.21. The van der Waals surface area contributed by atoms with Gasteiger partial charge in [0.15, 0.2) is 0 Å². The van der Waals surface area contributed by atoms with E-state index in [0.29, 0.717) is 0 Å². The molecule has 0 atom stereocenters. The zero-order valence-corrected chi connectivity index (χ0v) is 31.7. The first kappa shape index (κ1) is 32.1. The second-order valence-electron chi connectivity index (χ2n) is 14.9. The Morgan fingerprint density at radius 3 is 1.61 bits per heavy atom. The van der Waals surface area contributed by atoms with Crippen molar-refractivity contribution in [1.29, 1.82) is 0 Å². The van der Waals surface area contributed by atoms with Gasteiger partial charge in [0.2, 0.25) is 0 Å². The number of aromatic nitrogens is 2. The Morgan fingerprint density at radius 2 is 0.825 bits per heavy atom. The standard InChI is InChI=1S/C54H34N2S/c1-2-12-39(13-3-1)55-49-21-8-5-16-47(49)53-44(17-11-22-50(53)55)46-19-10-18-45-41-14-4-7-20-48(41)56(54(45)46)40-31-28-36(29-32-40)35-24-26-37(27-25-35)38-30-33-43-42-15-6-9-23-51(42)57-52(43)34-38/h1-34H. The zero-order valence-electron chi connectivity index (χ0n) is 30.9. The Kier molecular flexibility index (Phi) is 7.13. The molecule has 3 heterocycles. The van der Waals surface area contributed by atoms with Crippen LogP contribution in [0.1, 0.15) is 0 Å². The van der Waals surface area contributed by atoms with Gasteiger partial charge in [0, 0.05) is 58.7 Å². The lowest BCUT2D eigenvalue weighted by atomic mass is 9.97. The van der Waals surface area contributed by atoms with Crippen molar-refractivity contribution in [3.8, 4) is 44.8 Å². The molecule has 0 N–H and O–H groups in total. The highest BCUT2D eigenvalue weighted by Crippen LogP contribution is 2.44. The molecule has 0 aliphatic rings. The molecule has 0 aliphatic heterocycles. The number of thiophene rings is 1. The molecule has 57 heavy (non-hydrogen) atoms. The number of fused-ring (bicyclic) bond motifs is 9. The Bertz CT molecular complexity index is 3490. The number of rotatable bonds is 5. The van der Waals surface area contributed by atoms with Crippen LogP contribution in [0.4, 0.5) is 0 Å². The van der Waals surface area contributed by atoms with Crippen molar-refractivity contribution in [2.45, 2.75) is 0 Å². The van der Waals surface area contributed by atoms with Crippen LogP contribution in [-0.4, -0.2) is 9.13 Å². The molecule has 9 aromatic carbocycles. The van der Waals surface area contributed by atoms with E-state index in [2.05, 4.69) is 215 Å². The fourth-order valence-electron chi connectivity index (χ4n) is 9.17. The minimum absolute atomic E-state index is 1.14. The van der Waals surface area contributed by atoms with Gasteiger partial charge in [-0.15, -0.1) is 11.3 Å². The van der Waals surface area contributed by atoms with E-state index in [4.69, 9.17) is 0 Å². The molecule has 0 saturated carbocycles. The molecule has 266 valence electrons. The average Bonchev–Trinajstić information content (AvgIpc) is 3.94. The van der Waals surface area contributed by atoms with Crippen molar-refractivity contribution in [2.24, 2.45) is 0 Å². The number of para-hydroxylation sites is 4. The summed E-state index contributed by atoms with van der Waals surface area (Å²) >= 11 is 1.87. The Hall–Kier alpha value is -7.20. The van der Waals surface area contributed by atoms with Crippen molar-refractivity contribution >= 4 is 75.1 Å². The summed E-state index contributed by atoms with van der Waals surface area (Å²) < 4.78 is 7.54. The maximum atomic E-state index is 2.46. The van der Waals surface area contributed by atoms with Crippen molar-refractivity contribution in [3.05, 3.63) is 206 Å². The molecule has 12 rings (SSSR count). The summed E-state index contributed by atoms with van der Waals surface area (Å²) in [6.07, 6.45) is 0. The largest absolute Gasteiger partial charge is 0.309 e. The van der Waals surface area contributed by atoms with Gasteiger partial charge in [-0.1, -0.05) is 152 Å². The van der Waals surface area contributed by atoms with Gasteiger partial charge in [-0.25, -0.2) is 0 Å². The molecule has 0 bridgehead atoms.